The van der Waals surface area contributed by atoms with Crippen molar-refractivity contribution in [1.29, 1.82) is 0 Å². The molecule has 0 spiro atoms. The van der Waals surface area contributed by atoms with Crippen molar-refractivity contribution in [1.82, 2.24) is 9.97 Å². The first kappa shape index (κ1) is 10.8. The lowest BCUT2D eigenvalue weighted by atomic mass is 10.3. The number of methoxy groups -OCH3 is 1. The van der Waals surface area contributed by atoms with E-state index in [1.807, 2.05) is 12.3 Å². The third kappa shape index (κ3) is 1.83. The van der Waals surface area contributed by atoms with Crippen LogP contribution >= 0.6 is 11.3 Å². The van der Waals surface area contributed by atoms with Gasteiger partial charge < -0.3 is 9.15 Å². The molecule has 0 aromatic carbocycles. The number of hydrogen-bond acceptors (Lipinski definition) is 6. The van der Waals surface area contributed by atoms with Gasteiger partial charge in [0.2, 0.25) is 0 Å². The van der Waals surface area contributed by atoms with Crippen LogP contribution in [0.3, 0.4) is 0 Å². The van der Waals surface area contributed by atoms with Crippen molar-refractivity contribution in [2.45, 2.75) is 13.8 Å². The zero-order chi connectivity index (χ0) is 11.7. The van der Waals surface area contributed by atoms with Crippen LogP contribution in [0.2, 0.25) is 0 Å². The average molecular weight is 238 g/mol. The quantitative estimate of drug-likeness (QED) is 0.750. The molecule has 2 rings (SSSR count). The second kappa shape index (κ2) is 4.05. The Balaban J connectivity index is 2.52. The third-order valence-electron chi connectivity index (χ3n) is 1.93. The topological polar surface area (TPSA) is 65.2 Å². The summed E-state index contributed by atoms with van der Waals surface area (Å²) in [6, 6.07) is 0. The number of aryl methyl sites for hydroxylation is 2. The van der Waals surface area contributed by atoms with Gasteiger partial charge >= 0.3 is 5.97 Å². The maximum absolute atomic E-state index is 11.5. The van der Waals surface area contributed by atoms with Gasteiger partial charge in [-0.05, 0) is 6.92 Å². The monoisotopic (exact) mass is 238 g/mol. The molecule has 0 N–H and O–H groups in total. The summed E-state index contributed by atoms with van der Waals surface area (Å²) in [4.78, 5) is 19.7. The number of rotatable bonds is 2. The van der Waals surface area contributed by atoms with E-state index in [2.05, 4.69) is 14.7 Å². The van der Waals surface area contributed by atoms with Crippen LogP contribution in [0, 0.1) is 13.8 Å². The van der Waals surface area contributed by atoms with E-state index in [4.69, 9.17) is 4.42 Å². The fourth-order valence-corrected chi connectivity index (χ4v) is 2.04. The predicted octanol–water partition coefficient (Wildman–Crippen LogP) is 2.20. The number of carbonyl (C=O) groups is 1. The predicted molar refractivity (Wildman–Crippen MR) is 58.4 cm³/mol. The molecule has 16 heavy (non-hydrogen) atoms. The minimum absolute atomic E-state index is 0.175. The molecule has 2 aromatic rings. The van der Waals surface area contributed by atoms with Crippen LogP contribution < -0.4 is 0 Å². The molecule has 0 aliphatic heterocycles. The number of thiazole rings is 1. The first-order valence-corrected chi connectivity index (χ1v) is 5.48. The van der Waals surface area contributed by atoms with E-state index >= 15 is 0 Å². The normalized spacial score (nSPS) is 10.4. The first-order chi connectivity index (χ1) is 7.61. The summed E-state index contributed by atoms with van der Waals surface area (Å²) in [6.07, 6.45) is 0. The number of nitrogens with zero attached hydrogens (tertiary/aromatic N) is 2. The standard InChI is InChI=1S/C10H10N2O3S/c1-5-4-16-9(11-5)8-7(10(13)14-3)12-6(2)15-8/h4H,1-3H3. The Hall–Kier alpha value is -1.69. The average Bonchev–Trinajstić information content (AvgIpc) is 2.83. The summed E-state index contributed by atoms with van der Waals surface area (Å²) in [6.45, 7) is 3.55. The van der Waals surface area contributed by atoms with E-state index in [9.17, 15) is 4.79 Å². The first-order valence-electron chi connectivity index (χ1n) is 4.60. The van der Waals surface area contributed by atoms with E-state index in [0.717, 1.165) is 5.69 Å². The van der Waals surface area contributed by atoms with Crippen LogP contribution in [0.1, 0.15) is 22.1 Å². The highest BCUT2D eigenvalue weighted by Crippen LogP contribution is 2.28. The van der Waals surface area contributed by atoms with Gasteiger partial charge in [-0.3, -0.25) is 0 Å². The lowest BCUT2D eigenvalue weighted by molar-refractivity contribution is 0.0595. The van der Waals surface area contributed by atoms with Crippen molar-refractivity contribution in [2.24, 2.45) is 0 Å². The van der Waals surface area contributed by atoms with Crippen LogP contribution in [-0.2, 0) is 4.74 Å². The minimum atomic E-state index is -0.514. The Labute approximate surface area is 96.1 Å². The molecule has 0 aliphatic rings. The van der Waals surface area contributed by atoms with Gasteiger partial charge in [0, 0.05) is 18.0 Å². The molecule has 0 unspecified atom stereocenters. The third-order valence-corrected chi connectivity index (χ3v) is 2.88. The number of ether oxygens (including phenoxy) is 1. The van der Waals surface area contributed by atoms with E-state index in [0.29, 0.717) is 16.7 Å². The van der Waals surface area contributed by atoms with Crippen LogP contribution in [0.5, 0.6) is 0 Å². The van der Waals surface area contributed by atoms with Gasteiger partial charge in [0.25, 0.3) is 0 Å². The Bertz CT molecular complexity index is 530. The molecule has 0 aliphatic carbocycles. The van der Waals surface area contributed by atoms with Crippen molar-refractivity contribution in [3.8, 4) is 10.8 Å². The van der Waals surface area contributed by atoms with Gasteiger partial charge in [0.15, 0.2) is 22.4 Å². The van der Waals surface area contributed by atoms with Crippen LogP contribution in [0.4, 0.5) is 0 Å². The Morgan fingerprint density at radius 1 is 1.44 bits per heavy atom. The van der Waals surface area contributed by atoms with E-state index in [1.165, 1.54) is 18.4 Å². The number of carbonyl (C=O) groups excluding carboxylic acids is 1. The molecule has 0 bridgehead atoms. The van der Waals surface area contributed by atoms with Crippen molar-refractivity contribution in [3.63, 3.8) is 0 Å². The van der Waals surface area contributed by atoms with Crippen molar-refractivity contribution < 1.29 is 13.9 Å². The summed E-state index contributed by atoms with van der Waals surface area (Å²) >= 11 is 1.41. The van der Waals surface area contributed by atoms with Gasteiger partial charge in [-0.25, -0.2) is 14.8 Å². The Kier molecular flexibility index (Phi) is 2.74. The number of hydrogen-bond donors (Lipinski definition) is 0. The summed E-state index contributed by atoms with van der Waals surface area (Å²) in [5.41, 5.74) is 1.05. The van der Waals surface area contributed by atoms with Gasteiger partial charge in [-0.15, -0.1) is 11.3 Å². The SMILES string of the molecule is COC(=O)c1nc(C)oc1-c1nc(C)cs1. The number of aromatic nitrogens is 2. The van der Waals surface area contributed by atoms with Crippen molar-refractivity contribution in [3.05, 3.63) is 22.7 Å². The summed E-state index contributed by atoms with van der Waals surface area (Å²) in [7, 11) is 1.31. The highest BCUT2D eigenvalue weighted by atomic mass is 32.1. The van der Waals surface area contributed by atoms with Crippen LogP contribution in [0.25, 0.3) is 10.8 Å². The summed E-state index contributed by atoms with van der Waals surface area (Å²) < 4.78 is 10.0. The molecule has 2 heterocycles. The zero-order valence-corrected chi connectivity index (χ0v) is 9.92. The molecule has 0 saturated carbocycles. The van der Waals surface area contributed by atoms with E-state index in [-0.39, 0.29) is 5.69 Å². The second-order valence-corrected chi connectivity index (χ2v) is 4.05. The van der Waals surface area contributed by atoms with Gasteiger partial charge in [0.05, 0.1) is 7.11 Å². The highest BCUT2D eigenvalue weighted by Gasteiger charge is 2.22. The van der Waals surface area contributed by atoms with E-state index < -0.39 is 5.97 Å². The van der Waals surface area contributed by atoms with Gasteiger partial charge in [-0.2, -0.15) is 0 Å². The van der Waals surface area contributed by atoms with Crippen molar-refractivity contribution in [2.75, 3.05) is 7.11 Å². The molecule has 84 valence electrons. The van der Waals surface area contributed by atoms with Gasteiger partial charge in [0.1, 0.15) is 0 Å². The second-order valence-electron chi connectivity index (χ2n) is 3.20. The maximum atomic E-state index is 11.5. The number of oxazole rings is 1. The molecule has 0 saturated heterocycles. The zero-order valence-electron chi connectivity index (χ0n) is 9.10. The van der Waals surface area contributed by atoms with E-state index in [1.54, 1.807) is 6.92 Å². The van der Waals surface area contributed by atoms with Crippen LogP contribution in [-0.4, -0.2) is 23.0 Å². The van der Waals surface area contributed by atoms with Gasteiger partial charge in [-0.1, -0.05) is 0 Å². The molecule has 0 atom stereocenters. The fraction of sp³-hybridized carbons (Fsp3) is 0.300. The molecule has 0 fully saturated rings. The molecular formula is C10H10N2O3S. The smallest absolute Gasteiger partial charge is 0.360 e. The Morgan fingerprint density at radius 2 is 2.19 bits per heavy atom. The molecule has 0 amide bonds. The molecule has 2 aromatic heterocycles. The van der Waals surface area contributed by atoms with Crippen molar-refractivity contribution >= 4 is 17.3 Å². The minimum Gasteiger partial charge on any atom is -0.464 e. The molecule has 5 nitrogen and oxygen atoms in total. The Morgan fingerprint density at radius 3 is 2.75 bits per heavy atom. The van der Waals surface area contributed by atoms with Crippen LogP contribution in [0.15, 0.2) is 9.80 Å². The summed E-state index contributed by atoms with van der Waals surface area (Å²) in [5, 5.41) is 2.52. The molecule has 0 radical (unpaired) electrons. The fourth-order valence-electron chi connectivity index (χ4n) is 1.27. The maximum Gasteiger partial charge on any atom is 0.360 e. The number of esters is 1. The lowest BCUT2D eigenvalue weighted by Crippen LogP contribution is -2.03. The molecule has 6 heteroatoms. The largest absolute Gasteiger partial charge is 0.464 e. The summed E-state index contributed by atoms with van der Waals surface area (Å²) in [5.74, 6) is 0.283. The molecular weight excluding hydrogens is 228 g/mol. The highest BCUT2D eigenvalue weighted by molar-refractivity contribution is 7.13. The lowest BCUT2D eigenvalue weighted by Gasteiger charge is -1.95.